The average Bonchev–Trinajstić information content (AvgIpc) is 2.30. The Morgan fingerprint density at radius 2 is 2.22 bits per heavy atom. The molecule has 0 spiro atoms. The van der Waals surface area contributed by atoms with Crippen molar-refractivity contribution in [2.45, 2.75) is 26.8 Å². The van der Waals surface area contributed by atoms with Crippen LogP contribution in [-0.2, 0) is 4.79 Å². The second kappa shape index (κ2) is 5.02. The molecule has 1 aliphatic heterocycles. The summed E-state index contributed by atoms with van der Waals surface area (Å²) in [7, 11) is 0. The maximum Gasteiger partial charge on any atom is 0.246 e. The van der Waals surface area contributed by atoms with E-state index in [9.17, 15) is 4.79 Å². The second-order valence-corrected chi connectivity index (χ2v) is 5.20. The molecule has 4 heteroatoms. The van der Waals surface area contributed by atoms with Crippen LogP contribution >= 0.6 is 11.6 Å². The molecule has 1 N–H and O–H groups in total. The van der Waals surface area contributed by atoms with Gasteiger partial charge in [-0.15, -0.1) is 0 Å². The number of carbonyl (C=O) groups excluding carboxylic acids is 1. The molecular formula is C14H17ClN2O. The topological polar surface area (TPSA) is 32.3 Å². The molecule has 1 aromatic carbocycles. The van der Waals surface area contributed by atoms with Gasteiger partial charge in [0.15, 0.2) is 0 Å². The first kappa shape index (κ1) is 13.0. The van der Waals surface area contributed by atoms with Crippen LogP contribution in [0.3, 0.4) is 0 Å². The molecule has 0 aliphatic carbocycles. The van der Waals surface area contributed by atoms with Crippen LogP contribution in [0.25, 0.3) is 0 Å². The van der Waals surface area contributed by atoms with Gasteiger partial charge in [-0.25, -0.2) is 0 Å². The molecule has 2 rings (SSSR count). The number of rotatable bonds is 2. The second-order valence-electron chi connectivity index (χ2n) is 4.76. The van der Waals surface area contributed by atoms with Crippen molar-refractivity contribution in [3.05, 3.63) is 34.9 Å². The van der Waals surface area contributed by atoms with Crippen LogP contribution in [-0.4, -0.2) is 18.5 Å². The predicted molar refractivity (Wildman–Crippen MR) is 76.3 cm³/mol. The minimum absolute atomic E-state index is 0.0204. The fourth-order valence-electron chi connectivity index (χ4n) is 1.97. The van der Waals surface area contributed by atoms with E-state index in [0.29, 0.717) is 11.6 Å². The number of carbonyl (C=O) groups is 1. The summed E-state index contributed by atoms with van der Waals surface area (Å²) < 4.78 is 0. The van der Waals surface area contributed by atoms with Crippen molar-refractivity contribution in [1.82, 2.24) is 0 Å². The first-order chi connectivity index (χ1) is 8.49. The van der Waals surface area contributed by atoms with Crippen molar-refractivity contribution in [2.24, 2.45) is 0 Å². The van der Waals surface area contributed by atoms with Gasteiger partial charge in [-0.3, -0.25) is 4.79 Å². The van der Waals surface area contributed by atoms with Gasteiger partial charge in [-0.05, 0) is 39.0 Å². The van der Waals surface area contributed by atoms with Gasteiger partial charge in [0.2, 0.25) is 5.91 Å². The summed E-state index contributed by atoms with van der Waals surface area (Å²) in [5, 5.41) is 3.57. The Balaban J connectivity index is 2.40. The Bertz CT molecular complexity index is 507. The van der Waals surface area contributed by atoms with Gasteiger partial charge in [0.05, 0.1) is 11.4 Å². The van der Waals surface area contributed by atoms with E-state index in [4.69, 9.17) is 11.6 Å². The molecule has 0 fully saturated rings. The monoisotopic (exact) mass is 264 g/mol. The highest BCUT2D eigenvalue weighted by Crippen LogP contribution is 2.34. The molecule has 1 aliphatic rings. The van der Waals surface area contributed by atoms with Crippen LogP contribution in [0.1, 0.15) is 20.8 Å². The molecule has 1 amide bonds. The van der Waals surface area contributed by atoms with Gasteiger partial charge in [-0.2, -0.15) is 0 Å². The lowest BCUT2D eigenvalue weighted by Gasteiger charge is -2.35. The lowest BCUT2D eigenvalue weighted by atomic mass is 10.1. The van der Waals surface area contributed by atoms with E-state index in [2.05, 4.69) is 16.3 Å². The number of hydrogen-bond donors (Lipinski definition) is 1. The van der Waals surface area contributed by atoms with E-state index >= 15 is 0 Å². The zero-order valence-electron chi connectivity index (χ0n) is 10.8. The number of anilines is 2. The Morgan fingerprint density at radius 3 is 2.89 bits per heavy atom. The Kier molecular flexibility index (Phi) is 3.62. The number of allylic oxidation sites excluding steroid dienone is 1. The van der Waals surface area contributed by atoms with Crippen LogP contribution < -0.4 is 10.2 Å². The van der Waals surface area contributed by atoms with Crippen molar-refractivity contribution in [3.63, 3.8) is 0 Å². The third kappa shape index (κ3) is 2.51. The first-order valence-electron chi connectivity index (χ1n) is 5.99. The number of fused-ring (bicyclic) bond motifs is 1. The smallest absolute Gasteiger partial charge is 0.246 e. The molecule has 96 valence electrons. The summed E-state index contributed by atoms with van der Waals surface area (Å²) in [5.41, 5.74) is 3.04. The zero-order chi connectivity index (χ0) is 13.3. The van der Waals surface area contributed by atoms with Gasteiger partial charge < -0.3 is 10.2 Å². The molecule has 0 bridgehead atoms. The third-order valence-electron chi connectivity index (χ3n) is 3.07. The largest absolute Gasteiger partial charge is 0.354 e. The fraction of sp³-hybridized carbons (Fsp3) is 0.357. The third-order valence-corrected chi connectivity index (χ3v) is 3.31. The molecule has 3 nitrogen and oxygen atoms in total. The number of halogens is 1. The Morgan fingerprint density at radius 1 is 1.50 bits per heavy atom. The number of nitrogens with one attached hydrogen (secondary N) is 1. The molecule has 1 atom stereocenters. The van der Waals surface area contributed by atoms with Gasteiger partial charge in [0.1, 0.15) is 6.04 Å². The molecule has 0 aromatic heterocycles. The number of benzene rings is 1. The van der Waals surface area contributed by atoms with Crippen molar-refractivity contribution in [2.75, 3.05) is 16.8 Å². The van der Waals surface area contributed by atoms with Gasteiger partial charge in [0, 0.05) is 11.6 Å². The number of amides is 1. The van der Waals surface area contributed by atoms with Crippen LogP contribution in [0.2, 0.25) is 5.02 Å². The molecule has 1 aromatic rings. The lowest BCUT2D eigenvalue weighted by molar-refractivity contribution is -0.117. The van der Waals surface area contributed by atoms with Gasteiger partial charge in [0.25, 0.3) is 0 Å². The van der Waals surface area contributed by atoms with Crippen molar-refractivity contribution < 1.29 is 4.79 Å². The molecule has 0 saturated heterocycles. The minimum atomic E-state index is -0.188. The predicted octanol–water partition coefficient (Wildman–Crippen LogP) is 3.45. The quantitative estimate of drug-likeness (QED) is 0.830. The van der Waals surface area contributed by atoms with E-state index in [1.807, 2.05) is 32.9 Å². The summed E-state index contributed by atoms with van der Waals surface area (Å²) in [6, 6.07) is 5.34. The maximum atomic E-state index is 11.9. The highest BCUT2D eigenvalue weighted by molar-refractivity contribution is 6.31. The summed E-state index contributed by atoms with van der Waals surface area (Å²) >= 11 is 6.03. The highest BCUT2D eigenvalue weighted by atomic mass is 35.5. The maximum absolute atomic E-state index is 11.9. The van der Waals surface area contributed by atoms with E-state index in [1.165, 1.54) is 5.57 Å². The minimum Gasteiger partial charge on any atom is -0.354 e. The summed E-state index contributed by atoms with van der Waals surface area (Å²) in [6.07, 6.45) is 2.11. The van der Waals surface area contributed by atoms with E-state index in [-0.39, 0.29) is 11.9 Å². The van der Waals surface area contributed by atoms with Crippen molar-refractivity contribution in [1.29, 1.82) is 0 Å². The summed E-state index contributed by atoms with van der Waals surface area (Å²) in [5.74, 6) is 0.0204. The SMILES string of the molecule is CC(C)=CCN1c2cc(Cl)ccc2NC(=O)C1C. The molecule has 0 saturated carbocycles. The van der Waals surface area contributed by atoms with Crippen LogP contribution in [0.15, 0.2) is 29.8 Å². The molecule has 1 unspecified atom stereocenters. The van der Waals surface area contributed by atoms with Crippen molar-refractivity contribution >= 4 is 28.9 Å². The summed E-state index contributed by atoms with van der Waals surface area (Å²) in [4.78, 5) is 14.0. The Labute approximate surface area is 112 Å². The lowest BCUT2D eigenvalue weighted by Crippen LogP contribution is -2.46. The molecule has 1 heterocycles. The van der Waals surface area contributed by atoms with Crippen LogP contribution in [0.4, 0.5) is 11.4 Å². The highest BCUT2D eigenvalue weighted by Gasteiger charge is 2.28. The summed E-state index contributed by atoms with van der Waals surface area (Å²) in [6.45, 7) is 6.71. The van der Waals surface area contributed by atoms with E-state index < -0.39 is 0 Å². The molecular weight excluding hydrogens is 248 g/mol. The Hall–Kier alpha value is -1.48. The fourth-order valence-corrected chi connectivity index (χ4v) is 2.14. The molecule has 0 radical (unpaired) electrons. The first-order valence-corrected chi connectivity index (χ1v) is 6.37. The normalized spacial score (nSPS) is 18.1. The van der Waals surface area contributed by atoms with Gasteiger partial charge >= 0.3 is 0 Å². The van der Waals surface area contributed by atoms with Crippen LogP contribution in [0, 0.1) is 0 Å². The number of nitrogens with zero attached hydrogens (tertiary/aromatic N) is 1. The van der Waals surface area contributed by atoms with E-state index in [0.717, 1.165) is 11.4 Å². The molecule has 18 heavy (non-hydrogen) atoms. The van der Waals surface area contributed by atoms with Crippen LogP contribution in [0.5, 0.6) is 0 Å². The van der Waals surface area contributed by atoms with Crippen molar-refractivity contribution in [3.8, 4) is 0 Å². The standard InChI is InChI=1S/C14H17ClN2O/c1-9(2)6-7-17-10(3)14(18)16-12-5-4-11(15)8-13(12)17/h4-6,8,10H,7H2,1-3H3,(H,16,18). The number of hydrogen-bond acceptors (Lipinski definition) is 2. The zero-order valence-corrected chi connectivity index (χ0v) is 11.6. The van der Waals surface area contributed by atoms with Gasteiger partial charge in [-0.1, -0.05) is 23.3 Å². The average molecular weight is 265 g/mol. The van der Waals surface area contributed by atoms with E-state index in [1.54, 1.807) is 6.07 Å².